The number of nitrogens with one attached hydrogen (secondary N) is 1. The molecule has 1 aromatic heterocycles. The Labute approximate surface area is 130 Å². The second kappa shape index (κ2) is 7.49. The third-order valence-electron chi connectivity index (χ3n) is 3.57. The molecule has 0 aliphatic heterocycles. The number of nitrogens with zero attached hydrogens (tertiary/aromatic N) is 2. The third-order valence-corrected chi connectivity index (χ3v) is 3.57. The lowest BCUT2D eigenvalue weighted by atomic mass is 9.99. The molecule has 120 valence electrons. The van der Waals surface area contributed by atoms with Crippen LogP contribution in [0.4, 0.5) is 0 Å². The van der Waals surface area contributed by atoms with E-state index in [2.05, 4.69) is 15.5 Å². The molecule has 1 unspecified atom stereocenters. The Balaban J connectivity index is 2.01. The molecule has 0 bridgehead atoms. The minimum Gasteiger partial charge on any atom is -0.396 e. The predicted octanol–water partition coefficient (Wildman–Crippen LogP) is 1.92. The first kappa shape index (κ1) is 16.6. The fourth-order valence-corrected chi connectivity index (χ4v) is 2.21. The van der Waals surface area contributed by atoms with Crippen molar-refractivity contribution >= 4 is 0 Å². The van der Waals surface area contributed by atoms with E-state index in [1.807, 2.05) is 38.1 Å². The molecule has 2 aromatic rings. The Morgan fingerprint density at radius 3 is 2.68 bits per heavy atom. The van der Waals surface area contributed by atoms with Crippen LogP contribution in [0.2, 0.25) is 0 Å². The molecule has 2 N–H and O–H groups in total. The molecule has 6 heteroatoms. The summed E-state index contributed by atoms with van der Waals surface area (Å²) >= 11 is 0. The first-order valence-electron chi connectivity index (χ1n) is 7.31. The molecule has 22 heavy (non-hydrogen) atoms. The van der Waals surface area contributed by atoms with E-state index in [9.17, 15) is 0 Å². The maximum Gasteiger partial charge on any atom is 0.240 e. The van der Waals surface area contributed by atoms with E-state index in [-0.39, 0.29) is 12.1 Å². The van der Waals surface area contributed by atoms with Crippen molar-refractivity contribution in [3.63, 3.8) is 0 Å². The van der Waals surface area contributed by atoms with Crippen LogP contribution < -0.4 is 5.32 Å². The van der Waals surface area contributed by atoms with Crippen LogP contribution in [0.5, 0.6) is 0 Å². The number of ether oxygens (including phenoxy) is 1. The number of aliphatic hydroxyl groups is 1. The average Bonchev–Trinajstić information content (AvgIpc) is 2.96. The highest BCUT2D eigenvalue weighted by Crippen LogP contribution is 2.17. The quantitative estimate of drug-likeness (QED) is 0.775. The minimum absolute atomic E-state index is 0.0886. The lowest BCUT2D eigenvalue weighted by Crippen LogP contribution is -2.46. The SMILES string of the molecule is COCC(C)(CCO)NCc1nc(-c2ccc(C)cc2)no1. The molecular formula is C16H23N3O3. The Bertz CT molecular complexity index is 575. The van der Waals surface area contributed by atoms with Gasteiger partial charge in [0, 0.05) is 24.8 Å². The summed E-state index contributed by atoms with van der Waals surface area (Å²) in [6.07, 6.45) is 0.583. The third kappa shape index (κ3) is 4.37. The van der Waals surface area contributed by atoms with E-state index in [1.165, 1.54) is 5.56 Å². The van der Waals surface area contributed by atoms with E-state index < -0.39 is 0 Å². The highest BCUT2D eigenvalue weighted by atomic mass is 16.5. The second-order valence-corrected chi connectivity index (χ2v) is 5.70. The van der Waals surface area contributed by atoms with Crippen molar-refractivity contribution in [3.05, 3.63) is 35.7 Å². The van der Waals surface area contributed by atoms with Gasteiger partial charge < -0.3 is 19.7 Å². The van der Waals surface area contributed by atoms with Crippen molar-refractivity contribution in [3.8, 4) is 11.4 Å². The van der Waals surface area contributed by atoms with Crippen molar-refractivity contribution in [2.45, 2.75) is 32.4 Å². The maximum absolute atomic E-state index is 9.15. The first-order valence-corrected chi connectivity index (χ1v) is 7.31. The minimum atomic E-state index is -0.331. The van der Waals surface area contributed by atoms with Gasteiger partial charge in [-0.25, -0.2) is 0 Å². The summed E-state index contributed by atoms with van der Waals surface area (Å²) in [6, 6.07) is 7.97. The molecule has 0 spiro atoms. The number of aromatic nitrogens is 2. The van der Waals surface area contributed by atoms with Gasteiger partial charge in [-0.05, 0) is 20.3 Å². The van der Waals surface area contributed by atoms with Crippen LogP contribution in [0, 0.1) is 6.92 Å². The molecule has 0 aliphatic carbocycles. The summed E-state index contributed by atoms with van der Waals surface area (Å²) < 4.78 is 10.5. The molecule has 0 fully saturated rings. The average molecular weight is 305 g/mol. The summed E-state index contributed by atoms with van der Waals surface area (Å²) in [5.41, 5.74) is 1.78. The van der Waals surface area contributed by atoms with Gasteiger partial charge in [-0.3, -0.25) is 0 Å². The zero-order valence-corrected chi connectivity index (χ0v) is 13.3. The first-order chi connectivity index (χ1) is 10.6. The van der Waals surface area contributed by atoms with Gasteiger partial charge in [-0.2, -0.15) is 4.98 Å². The lowest BCUT2D eigenvalue weighted by Gasteiger charge is -2.28. The van der Waals surface area contributed by atoms with Crippen molar-refractivity contribution in [1.29, 1.82) is 0 Å². The van der Waals surface area contributed by atoms with Crippen LogP contribution in [-0.4, -0.2) is 41.1 Å². The van der Waals surface area contributed by atoms with Gasteiger partial charge in [-0.15, -0.1) is 0 Å². The van der Waals surface area contributed by atoms with Crippen molar-refractivity contribution in [2.24, 2.45) is 0 Å². The fraction of sp³-hybridized carbons (Fsp3) is 0.500. The summed E-state index contributed by atoms with van der Waals surface area (Å²) in [5.74, 6) is 1.09. The Kier molecular flexibility index (Phi) is 5.65. The molecule has 0 amide bonds. The molecule has 0 radical (unpaired) electrons. The van der Waals surface area contributed by atoms with Gasteiger partial charge in [0.2, 0.25) is 11.7 Å². The van der Waals surface area contributed by atoms with Gasteiger partial charge in [0.05, 0.1) is 13.2 Å². The van der Waals surface area contributed by atoms with Crippen molar-refractivity contribution in [1.82, 2.24) is 15.5 Å². The Morgan fingerprint density at radius 2 is 2.05 bits per heavy atom. The molecule has 1 atom stereocenters. The zero-order chi connectivity index (χ0) is 16.0. The van der Waals surface area contributed by atoms with Crippen LogP contribution >= 0.6 is 0 Å². The van der Waals surface area contributed by atoms with Gasteiger partial charge in [0.15, 0.2) is 0 Å². The van der Waals surface area contributed by atoms with E-state index in [0.717, 1.165) is 5.56 Å². The van der Waals surface area contributed by atoms with E-state index in [1.54, 1.807) is 7.11 Å². The summed E-state index contributed by atoms with van der Waals surface area (Å²) in [5, 5.41) is 16.5. The molecule has 0 aliphatic rings. The molecule has 2 rings (SSSR count). The van der Waals surface area contributed by atoms with Crippen LogP contribution in [0.1, 0.15) is 24.8 Å². The van der Waals surface area contributed by atoms with Crippen LogP contribution in [-0.2, 0) is 11.3 Å². The Hall–Kier alpha value is -1.76. The van der Waals surface area contributed by atoms with Gasteiger partial charge in [-0.1, -0.05) is 35.0 Å². The molecular weight excluding hydrogens is 282 g/mol. The normalized spacial score (nSPS) is 14.0. The topological polar surface area (TPSA) is 80.4 Å². The van der Waals surface area contributed by atoms with E-state index in [4.69, 9.17) is 14.4 Å². The van der Waals surface area contributed by atoms with Gasteiger partial charge in [0.25, 0.3) is 0 Å². The smallest absolute Gasteiger partial charge is 0.240 e. The lowest BCUT2D eigenvalue weighted by molar-refractivity contribution is 0.0948. The standard InChI is InChI=1S/C16H23N3O3/c1-12-4-6-13(7-5-12)15-18-14(22-19-15)10-17-16(2,8-9-20)11-21-3/h4-7,17,20H,8-11H2,1-3H3. The molecule has 0 saturated heterocycles. The number of hydrogen-bond donors (Lipinski definition) is 2. The largest absolute Gasteiger partial charge is 0.396 e. The number of methoxy groups -OCH3 is 1. The zero-order valence-electron chi connectivity index (χ0n) is 13.3. The monoisotopic (exact) mass is 305 g/mol. The summed E-state index contributed by atoms with van der Waals surface area (Å²) in [4.78, 5) is 4.39. The Morgan fingerprint density at radius 1 is 1.32 bits per heavy atom. The molecule has 6 nitrogen and oxygen atoms in total. The van der Waals surface area contributed by atoms with Crippen molar-refractivity contribution < 1.29 is 14.4 Å². The van der Waals surface area contributed by atoms with Gasteiger partial charge >= 0.3 is 0 Å². The second-order valence-electron chi connectivity index (χ2n) is 5.70. The number of rotatable bonds is 8. The predicted molar refractivity (Wildman–Crippen MR) is 83.3 cm³/mol. The van der Waals surface area contributed by atoms with Crippen molar-refractivity contribution in [2.75, 3.05) is 20.3 Å². The van der Waals surface area contributed by atoms with Crippen LogP contribution in [0.3, 0.4) is 0 Å². The molecule has 1 aromatic carbocycles. The molecule has 0 saturated carbocycles. The number of aliphatic hydroxyl groups excluding tert-OH is 1. The summed E-state index contributed by atoms with van der Waals surface area (Å²) in [6.45, 7) is 5.04. The van der Waals surface area contributed by atoms with E-state index >= 15 is 0 Å². The maximum atomic E-state index is 9.15. The number of benzene rings is 1. The van der Waals surface area contributed by atoms with Crippen LogP contribution in [0.15, 0.2) is 28.8 Å². The highest BCUT2D eigenvalue weighted by Gasteiger charge is 2.24. The van der Waals surface area contributed by atoms with Gasteiger partial charge in [0.1, 0.15) is 0 Å². The fourth-order valence-electron chi connectivity index (χ4n) is 2.21. The number of aryl methyl sites for hydroxylation is 1. The highest BCUT2D eigenvalue weighted by molar-refractivity contribution is 5.54. The molecule has 1 heterocycles. The van der Waals surface area contributed by atoms with Crippen LogP contribution in [0.25, 0.3) is 11.4 Å². The number of hydrogen-bond acceptors (Lipinski definition) is 6. The van der Waals surface area contributed by atoms with E-state index in [0.29, 0.717) is 31.3 Å². The summed E-state index contributed by atoms with van der Waals surface area (Å²) in [7, 11) is 1.64.